The summed E-state index contributed by atoms with van der Waals surface area (Å²) in [6.07, 6.45) is 0. The van der Waals surface area contributed by atoms with Gasteiger partial charge in [-0.05, 0) is 12.1 Å². The number of halogens is 1. The maximum Gasteiger partial charge on any atom is 0.324 e. The standard InChI is InChI=1S/C11H11ClN4O4S/c1-19-10-13-9(14-11(15-10)20-2)16(21(17)18)8-6-4-3-5-7(8)12/h3-6H,1-2H3,(H,17,18)/p-1. The van der Waals surface area contributed by atoms with Gasteiger partial charge < -0.3 is 14.0 Å². The van der Waals surface area contributed by atoms with Crippen molar-refractivity contribution in [1.82, 2.24) is 15.0 Å². The molecule has 2 rings (SSSR count). The molecule has 0 saturated heterocycles. The van der Waals surface area contributed by atoms with E-state index in [4.69, 9.17) is 21.1 Å². The van der Waals surface area contributed by atoms with Gasteiger partial charge in [0.25, 0.3) is 5.95 Å². The summed E-state index contributed by atoms with van der Waals surface area (Å²) >= 11 is 3.31. The number of anilines is 2. The Labute approximate surface area is 128 Å². The number of hydrogen-bond donors (Lipinski definition) is 0. The second-order valence-corrected chi connectivity index (χ2v) is 4.78. The minimum absolute atomic E-state index is 0.0839. The molecule has 1 atom stereocenters. The average molecular weight is 330 g/mol. The molecule has 0 saturated carbocycles. The topological polar surface area (TPSA) is 101 Å². The predicted octanol–water partition coefficient (Wildman–Crippen LogP) is 1.47. The first kappa shape index (κ1) is 15.4. The molecule has 1 aromatic heterocycles. The Morgan fingerprint density at radius 3 is 2.19 bits per heavy atom. The molecule has 10 heteroatoms. The van der Waals surface area contributed by atoms with E-state index in [0.717, 1.165) is 4.31 Å². The van der Waals surface area contributed by atoms with Gasteiger partial charge in [-0.25, -0.2) is 4.31 Å². The van der Waals surface area contributed by atoms with Gasteiger partial charge in [0.1, 0.15) is 0 Å². The highest BCUT2D eigenvalue weighted by Crippen LogP contribution is 2.31. The van der Waals surface area contributed by atoms with Gasteiger partial charge in [0, 0.05) is 0 Å². The predicted molar refractivity (Wildman–Crippen MR) is 75.4 cm³/mol. The molecule has 0 N–H and O–H groups in total. The first-order valence-electron chi connectivity index (χ1n) is 5.55. The Kier molecular flexibility index (Phi) is 4.89. The van der Waals surface area contributed by atoms with Crippen LogP contribution < -0.4 is 13.8 Å². The van der Waals surface area contributed by atoms with Crippen molar-refractivity contribution in [3.8, 4) is 12.0 Å². The summed E-state index contributed by atoms with van der Waals surface area (Å²) in [7, 11) is 2.68. The van der Waals surface area contributed by atoms with Crippen molar-refractivity contribution >= 4 is 34.5 Å². The van der Waals surface area contributed by atoms with Crippen LogP contribution >= 0.6 is 11.6 Å². The van der Waals surface area contributed by atoms with Crippen molar-refractivity contribution in [1.29, 1.82) is 0 Å². The van der Waals surface area contributed by atoms with Gasteiger partial charge in [-0.1, -0.05) is 23.7 Å². The molecular formula is C11H10ClN4O4S-. The second-order valence-electron chi connectivity index (χ2n) is 3.57. The fourth-order valence-corrected chi connectivity index (χ4v) is 2.28. The Hall–Kier alpha value is -1.97. The van der Waals surface area contributed by atoms with E-state index in [1.807, 2.05) is 0 Å². The van der Waals surface area contributed by atoms with E-state index in [1.165, 1.54) is 20.3 Å². The third-order valence-corrected chi connectivity index (χ3v) is 3.33. The third kappa shape index (κ3) is 3.38. The van der Waals surface area contributed by atoms with E-state index in [1.54, 1.807) is 18.2 Å². The van der Waals surface area contributed by atoms with Crippen molar-refractivity contribution in [2.75, 3.05) is 18.5 Å². The Bertz CT molecular complexity index is 650. The summed E-state index contributed by atoms with van der Waals surface area (Å²) in [6, 6.07) is 6.20. The molecule has 0 fully saturated rings. The summed E-state index contributed by atoms with van der Waals surface area (Å²) in [5.74, 6) is -0.194. The minimum Gasteiger partial charge on any atom is -0.755 e. The summed E-state index contributed by atoms with van der Waals surface area (Å²) < 4.78 is 33.7. The van der Waals surface area contributed by atoms with Crippen LogP contribution in [-0.2, 0) is 11.3 Å². The Morgan fingerprint density at radius 1 is 1.14 bits per heavy atom. The lowest BCUT2D eigenvalue weighted by Crippen LogP contribution is -2.23. The number of nitrogens with zero attached hydrogens (tertiary/aromatic N) is 4. The number of para-hydroxylation sites is 1. The normalized spacial score (nSPS) is 11.8. The SMILES string of the molecule is COc1nc(OC)nc(N(c2ccccc2Cl)S(=O)[O-])n1. The van der Waals surface area contributed by atoms with E-state index in [0.29, 0.717) is 0 Å². The highest BCUT2D eigenvalue weighted by molar-refractivity contribution is 7.81. The first-order chi connectivity index (χ1) is 10.1. The summed E-state index contributed by atoms with van der Waals surface area (Å²) in [4.78, 5) is 11.6. The molecular weight excluding hydrogens is 320 g/mol. The van der Waals surface area contributed by atoms with Crippen LogP contribution in [-0.4, -0.2) is 37.9 Å². The number of rotatable bonds is 5. The number of methoxy groups -OCH3 is 2. The zero-order valence-electron chi connectivity index (χ0n) is 11.0. The molecule has 8 nitrogen and oxygen atoms in total. The van der Waals surface area contributed by atoms with Gasteiger partial charge in [0.05, 0.1) is 36.2 Å². The molecule has 0 spiro atoms. The van der Waals surface area contributed by atoms with Gasteiger partial charge in [0.15, 0.2) is 0 Å². The van der Waals surface area contributed by atoms with E-state index in [2.05, 4.69) is 15.0 Å². The molecule has 0 aliphatic rings. The largest absolute Gasteiger partial charge is 0.755 e. The Balaban J connectivity index is 2.58. The lowest BCUT2D eigenvalue weighted by molar-refractivity contribution is 0.341. The quantitative estimate of drug-likeness (QED) is 0.765. The van der Waals surface area contributed by atoms with Crippen LogP contribution in [0.2, 0.25) is 5.02 Å². The van der Waals surface area contributed by atoms with Crippen LogP contribution in [0, 0.1) is 0 Å². The number of hydrogen-bond acceptors (Lipinski definition) is 7. The van der Waals surface area contributed by atoms with Crippen LogP contribution in [0.25, 0.3) is 0 Å². The summed E-state index contributed by atoms with van der Waals surface area (Å²) in [5.41, 5.74) is 0.197. The van der Waals surface area contributed by atoms with E-state index >= 15 is 0 Å². The van der Waals surface area contributed by atoms with Crippen molar-refractivity contribution in [3.05, 3.63) is 29.3 Å². The lowest BCUT2D eigenvalue weighted by Gasteiger charge is -2.25. The molecule has 0 aliphatic carbocycles. The molecule has 21 heavy (non-hydrogen) atoms. The molecule has 2 aromatic rings. The fourth-order valence-electron chi connectivity index (χ4n) is 1.47. The Morgan fingerprint density at radius 2 is 1.71 bits per heavy atom. The minimum atomic E-state index is -2.70. The van der Waals surface area contributed by atoms with Crippen LogP contribution in [0.3, 0.4) is 0 Å². The highest BCUT2D eigenvalue weighted by atomic mass is 35.5. The average Bonchev–Trinajstić information content (AvgIpc) is 2.48. The van der Waals surface area contributed by atoms with Crippen molar-refractivity contribution in [3.63, 3.8) is 0 Å². The van der Waals surface area contributed by atoms with Crippen molar-refractivity contribution in [2.24, 2.45) is 0 Å². The third-order valence-electron chi connectivity index (χ3n) is 2.35. The monoisotopic (exact) mass is 329 g/mol. The second kappa shape index (κ2) is 6.66. The van der Waals surface area contributed by atoms with Crippen LogP contribution in [0.5, 0.6) is 12.0 Å². The van der Waals surface area contributed by atoms with Gasteiger partial charge in [-0.3, -0.25) is 4.21 Å². The van der Waals surface area contributed by atoms with Crippen LogP contribution in [0.15, 0.2) is 24.3 Å². The summed E-state index contributed by atoms with van der Waals surface area (Å²) in [6.45, 7) is 0. The highest BCUT2D eigenvalue weighted by Gasteiger charge is 2.19. The molecule has 0 aliphatic heterocycles. The number of ether oxygens (including phenoxy) is 2. The maximum absolute atomic E-state index is 11.5. The molecule has 0 bridgehead atoms. The zero-order valence-corrected chi connectivity index (χ0v) is 12.6. The molecule has 112 valence electrons. The lowest BCUT2D eigenvalue weighted by atomic mass is 10.3. The molecule has 0 radical (unpaired) electrons. The molecule has 1 aromatic carbocycles. The van der Waals surface area contributed by atoms with E-state index < -0.39 is 11.3 Å². The van der Waals surface area contributed by atoms with Gasteiger partial charge in [-0.15, -0.1) is 4.98 Å². The molecule has 1 unspecified atom stereocenters. The van der Waals surface area contributed by atoms with Gasteiger partial charge in [0.2, 0.25) is 0 Å². The maximum atomic E-state index is 11.5. The van der Waals surface area contributed by atoms with Crippen LogP contribution in [0.4, 0.5) is 11.6 Å². The zero-order chi connectivity index (χ0) is 15.4. The number of aromatic nitrogens is 3. The van der Waals surface area contributed by atoms with Crippen LogP contribution in [0.1, 0.15) is 0 Å². The molecule has 0 amide bonds. The van der Waals surface area contributed by atoms with Gasteiger partial charge >= 0.3 is 12.0 Å². The molecule has 1 heterocycles. The van der Waals surface area contributed by atoms with E-state index in [9.17, 15) is 8.76 Å². The first-order valence-corrected chi connectivity index (χ1v) is 6.96. The van der Waals surface area contributed by atoms with Crippen molar-refractivity contribution in [2.45, 2.75) is 0 Å². The van der Waals surface area contributed by atoms with E-state index in [-0.39, 0.29) is 28.7 Å². The smallest absolute Gasteiger partial charge is 0.324 e. The van der Waals surface area contributed by atoms with Crippen molar-refractivity contribution < 1.29 is 18.2 Å². The number of benzene rings is 1. The van der Waals surface area contributed by atoms with Gasteiger partial charge in [-0.2, -0.15) is 9.97 Å². The fraction of sp³-hybridized carbons (Fsp3) is 0.182. The summed E-state index contributed by atoms with van der Waals surface area (Å²) in [5, 5.41) is 0.222.